The van der Waals surface area contributed by atoms with Gasteiger partial charge in [0.05, 0.1) is 18.0 Å². The number of carbonyl (C=O) groups is 1. The van der Waals surface area contributed by atoms with E-state index in [2.05, 4.69) is 18.0 Å². The topological polar surface area (TPSA) is 55.3 Å². The molecule has 1 aliphatic heterocycles. The molecule has 1 saturated heterocycles. The van der Waals surface area contributed by atoms with Crippen LogP contribution in [0.15, 0.2) is 48.8 Å². The van der Waals surface area contributed by atoms with E-state index in [1.165, 1.54) is 0 Å². The van der Waals surface area contributed by atoms with Crippen molar-refractivity contribution >= 4 is 16.8 Å². The number of carbonyl (C=O) groups excluding carboxylic acids is 1. The van der Waals surface area contributed by atoms with Gasteiger partial charge >= 0.3 is 0 Å². The van der Waals surface area contributed by atoms with Gasteiger partial charge in [0.2, 0.25) is 5.91 Å². The molecule has 1 unspecified atom stereocenters. The molecule has 29 heavy (non-hydrogen) atoms. The van der Waals surface area contributed by atoms with Crippen molar-refractivity contribution in [1.29, 1.82) is 0 Å². The molecule has 1 aliphatic rings. The highest BCUT2D eigenvalue weighted by Crippen LogP contribution is 2.24. The molecule has 1 fully saturated rings. The lowest BCUT2D eigenvalue weighted by Gasteiger charge is -2.26. The number of ether oxygens (including phenoxy) is 1. The number of nitrogens with zero attached hydrogens (tertiary/aromatic N) is 3. The predicted octanol–water partition coefficient (Wildman–Crippen LogP) is 4.00. The van der Waals surface area contributed by atoms with Gasteiger partial charge in [-0.25, -0.2) is 0 Å². The van der Waals surface area contributed by atoms with Crippen molar-refractivity contribution in [2.24, 2.45) is 0 Å². The van der Waals surface area contributed by atoms with Crippen molar-refractivity contribution in [3.8, 4) is 0 Å². The van der Waals surface area contributed by atoms with Gasteiger partial charge in [-0.1, -0.05) is 24.3 Å². The largest absolute Gasteiger partial charge is 0.376 e. The van der Waals surface area contributed by atoms with E-state index in [-0.39, 0.29) is 12.0 Å². The van der Waals surface area contributed by atoms with Crippen LogP contribution in [-0.4, -0.2) is 40.0 Å². The minimum atomic E-state index is 0.104. The van der Waals surface area contributed by atoms with Gasteiger partial charge in [-0.05, 0) is 55.5 Å². The Balaban J connectivity index is 1.59. The van der Waals surface area contributed by atoms with Crippen LogP contribution in [0.1, 0.15) is 35.2 Å². The van der Waals surface area contributed by atoms with E-state index in [9.17, 15) is 4.79 Å². The third-order valence-corrected chi connectivity index (χ3v) is 5.71. The molecule has 0 N–H and O–H groups in total. The molecular weight excluding hydrogens is 362 g/mol. The SMILES string of the molecule is Cc1nc2ccccc2c(C)c1CC(=O)N(Cc1cccnc1)CC1CCCO1. The maximum Gasteiger partial charge on any atom is 0.227 e. The fourth-order valence-electron chi connectivity index (χ4n) is 4.09. The van der Waals surface area contributed by atoms with Gasteiger partial charge in [-0.2, -0.15) is 0 Å². The summed E-state index contributed by atoms with van der Waals surface area (Å²) in [5, 5.41) is 1.11. The lowest BCUT2D eigenvalue weighted by molar-refractivity contribution is -0.132. The zero-order valence-corrected chi connectivity index (χ0v) is 17.1. The number of benzene rings is 1. The molecule has 1 atom stereocenters. The molecule has 5 heteroatoms. The number of aryl methyl sites for hydroxylation is 2. The van der Waals surface area contributed by atoms with Crippen molar-refractivity contribution in [2.75, 3.05) is 13.2 Å². The average molecular weight is 389 g/mol. The maximum absolute atomic E-state index is 13.4. The predicted molar refractivity (Wildman–Crippen MR) is 114 cm³/mol. The lowest BCUT2D eigenvalue weighted by atomic mass is 9.99. The molecule has 0 saturated carbocycles. The molecule has 4 rings (SSSR count). The molecule has 2 aromatic heterocycles. The number of fused-ring (bicyclic) bond motifs is 1. The van der Waals surface area contributed by atoms with Crippen molar-refractivity contribution in [1.82, 2.24) is 14.9 Å². The molecule has 0 radical (unpaired) electrons. The molecule has 5 nitrogen and oxygen atoms in total. The highest BCUT2D eigenvalue weighted by atomic mass is 16.5. The molecule has 150 valence electrons. The summed E-state index contributed by atoms with van der Waals surface area (Å²) in [5.74, 6) is 0.104. The molecule has 3 heterocycles. The second kappa shape index (κ2) is 8.70. The van der Waals surface area contributed by atoms with Crippen molar-refractivity contribution < 1.29 is 9.53 Å². The van der Waals surface area contributed by atoms with E-state index in [1.807, 2.05) is 48.4 Å². The van der Waals surface area contributed by atoms with Gasteiger partial charge < -0.3 is 9.64 Å². The molecule has 0 aliphatic carbocycles. The number of para-hydroxylation sites is 1. The second-order valence-electron chi connectivity index (χ2n) is 7.77. The number of aromatic nitrogens is 2. The zero-order chi connectivity index (χ0) is 20.2. The van der Waals surface area contributed by atoms with Crippen LogP contribution in [0, 0.1) is 13.8 Å². The fourth-order valence-corrected chi connectivity index (χ4v) is 4.09. The Morgan fingerprint density at radius 2 is 2.07 bits per heavy atom. The summed E-state index contributed by atoms with van der Waals surface area (Å²) in [6, 6.07) is 12.0. The third kappa shape index (κ3) is 4.46. The second-order valence-corrected chi connectivity index (χ2v) is 7.77. The smallest absolute Gasteiger partial charge is 0.227 e. The van der Waals surface area contributed by atoms with Crippen LogP contribution in [0.2, 0.25) is 0 Å². The number of hydrogen-bond donors (Lipinski definition) is 0. The fraction of sp³-hybridized carbons (Fsp3) is 0.375. The molecule has 0 bridgehead atoms. The minimum absolute atomic E-state index is 0.104. The van der Waals surface area contributed by atoms with Gasteiger partial charge in [0.1, 0.15) is 0 Å². The Morgan fingerprint density at radius 1 is 1.21 bits per heavy atom. The van der Waals surface area contributed by atoms with Crippen molar-refractivity contribution in [2.45, 2.75) is 45.8 Å². The first kappa shape index (κ1) is 19.5. The minimum Gasteiger partial charge on any atom is -0.376 e. The summed E-state index contributed by atoms with van der Waals surface area (Å²) >= 11 is 0. The maximum atomic E-state index is 13.4. The van der Waals surface area contributed by atoms with Crippen LogP contribution < -0.4 is 0 Å². The Kier molecular flexibility index (Phi) is 5.86. The van der Waals surface area contributed by atoms with Crippen molar-refractivity contribution in [3.05, 3.63) is 71.2 Å². The number of rotatable bonds is 6. The normalized spacial score (nSPS) is 16.3. The van der Waals surface area contributed by atoms with Gasteiger partial charge in [0.25, 0.3) is 0 Å². The Labute approximate surface area is 171 Å². The van der Waals surface area contributed by atoms with Crippen LogP contribution in [0.4, 0.5) is 0 Å². The Bertz CT molecular complexity index is 998. The number of pyridine rings is 2. The van der Waals surface area contributed by atoms with E-state index < -0.39 is 0 Å². The summed E-state index contributed by atoms with van der Waals surface area (Å²) in [5.41, 5.74) is 5.10. The number of amides is 1. The monoisotopic (exact) mass is 389 g/mol. The van der Waals surface area contributed by atoms with Gasteiger partial charge in [0.15, 0.2) is 0 Å². The molecular formula is C24H27N3O2. The Morgan fingerprint density at radius 3 is 2.83 bits per heavy atom. The third-order valence-electron chi connectivity index (χ3n) is 5.71. The molecule has 3 aromatic rings. The summed E-state index contributed by atoms with van der Waals surface area (Å²) in [6.45, 7) is 6.03. The van der Waals surface area contributed by atoms with Gasteiger partial charge in [0, 0.05) is 43.2 Å². The van der Waals surface area contributed by atoms with Crippen LogP contribution in [0.5, 0.6) is 0 Å². The van der Waals surface area contributed by atoms with E-state index in [0.717, 1.165) is 52.7 Å². The summed E-state index contributed by atoms with van der Waals surface area (Å²) in [6.07, 6.45) is 6.11. The highest BCUT2D eigenvalue weighted by molar-refractivity contribution is 5.86. The first-order valence-electron chi connectivity index (χ1n) is 10.2. The quantitative estimate of drug-likeness (QED) is 0.639. The standard InChI is InChI=1S/C24H27N3O2/c1-17-21-9-3-4-10-23(21)26-18(2)22(17)13-24(28)27(16-20-8-6-12-29-20)15-19-7-5-11-25-14-19/h3-5,7,9-11,14,20H,6,8,12-13,15-16H2,1-2H3. The van der Waals surface area contributed by atoms with Crippen molar-refractivity contribution in [3.63, 3.8) is 0 Å². The summed E-state index contributed by atoms with van der Waals surface area (Å²) in [4.78, 5) is 24.2. The van der Waals surface area contributed by atoms with Crippen LogP contribution in [0.25, 0.3) is 10.9 Å². The molecule has 0 spiro atoms. The Hall–Kier alpha value is -2.79. The van der Waals surface area contributed by atoms with Crippen LogP contribution in [0.3, 0.4) is 0 Å². The zero-order valence-electron chi connectivity index (χ0n) is 17.1. The highest BCUT2D eigenvalue weighted by Gasteiger charge is 2.24. The summed E-state index contributed by atoms with van der Waals surface area (Å²) < 4.78 is 5.80. The lowest BCUT2D eigenvalue weighted by Crippen LogP contribution is -2.38. The summed E-state index contributed by atoms with van der Waals surface area (Å²) in [7, 11) is 0. The average Bonchev–Trinajstić information content (AvgIpc) is 3.24. The van der Waals surface area contributed by atoms with Gasteiger partial charge in [-0.3, -0.25) is 14.8 Å². The van der Waals surface area contributed by atoms with E-state index >= 15 is 0 Å². The number of hydrogen-bond acceptors (Lipinski definition) is 4. The first-order chi connectivity index (χ1) is 14.1. The van der Waals surface area contributed by atoms with Crippen LogP contribution in [-0.2, 0) is 22.5 Å². The van der Waals surface area contributed by atoms with E-state index in [1.54, 1.807) is 6.20 Å². The van der Waals surface area contributed by atoms with Crippen LogP contribution >= 0.6 is 0 Å². The molecule has 1 aromatic carbocycles. The van der Waals surface area contributed by atoms with Gasteiger partial charge in [-0.15, -0.1) is 0 Å². The van der Waals surface area contributed by atoms with E-state index in [0.29, 0.717) is 19.5 Å². The molecule has 1 amide bonds. The first-order valence-corrected chi connectivity index (χ1v) is 10.2. The van der Waals surface area contributed by atoms with E-state index in [4.69, 9.17) is 9.72 Å².